The molecule has 2 fully saturated rings. The molecule has 2 rings (SSSR count). The van der Waals surface area contributed by atoms with Gasteiger partial charge in [0.25, 0.3) is 0 Å². The number of hydrogen-bond acceptors (Lipinski definition) is 2. The maximum absolute atomic E-state index is 11.2. The Kier molecular flexibility index (Phi) is 7.20. The highest BCUT2D eigenvalue weighted by Crippen LogP contribution is 2.39. The second-order valence-electron chi connectivity index (χ2n) is 7.87. The highest BCUT2D eigenvalue weighted by molar-refractivity contribution is 5.70. The van der Waals surface area contributed by atoms with Crippen molar-refractivity contribution in [1.29, 1.82) is 0 Å². The first-order valence-electron chi connectivity index (χ1n) is 9.48. The van der Waals surface area contributed by atoms with Gasteiger partial charge in [0.05, 0.1) is 12.0 Å². The van der Waals surface area contributed by atoms with E-state index in [1.54, 1.807) is 0 Å². The number of aliphatic hydroxyl groups excluding tert-OH is 1. The van der Waals surface area contributed by atoms with Gasteiger partial charge in [-0.15, -0.1) is 0 Å². The van der Waals surface area contributed by atoms with Gasteiger partial charge in [-0.25, -0.2) is 0 Å². The molecule has 2 saturated carbocycles. The monoisotopic (exact) mass is 310 g/mol. The van der Waals surface area contributed by atoms with Crippen molar-refractivity contribution in [2.45, 2.75) is 90.1 Å². The van der Waals surface area contributed by atoms with Crippen LogP contribution >= 0.6 is 0 Å². The molecule has 0 bridgehead atoms. The predicted molar refractivity (Wildman–Crippen MR) is 88.7 cm³/mol. The lowest BCUT2D eigenvalue weighted by atomic mass is 9.71. The molecule has 3 heteroatoms. The normalized spacial score (nSPS) is 38.9. The lowest BCUT2D eigenvalue weighted by Crippen LogP contribution is -2.37. The van der Waals surface area contributed by atoms with E-state index in [2.05, 4.69) is 6.92 Å². The quantitative estimate of drug-likeness (QED) is 0.782. The van der Waals surface area contributed by atoms with Crippen molar-refractivity contribution < 1.29 is 15.0 Å². The van der Waals surface area contributed by atoms with Crippen LogP contribution in [0.1, 0.15) is 84.0 Å². The minimum absolute atomic E-state index is 0.530. The van der Waals surface area contributed by atoms with Crippen molar-refractivity contribution in [1.82, 2.24) is 0 Å². The van der Waals surface area contributed by atoms with Gasteiger partial charge in [-0.05, 0) is 43.4 Å². The fraction of sp³-hybridized carbons (Fsp3) is 0.947. The Morgan fingerprint density at radius 3 is 2.14 bits per heavy atom. The third kappa shape index (κ3) is 5.26. The van der Waals surface area contributed by atoms with E-state index in [1.165, 1.54) is 57.8 Å². The molecule has 0 radical (unpaired) electrons. The molecular weight excluding hydrogens is 276 g/mol. The molecule has 22 heavy (non-hydrogen) atoms. The van der Waals surface area contributed by atoms with Crippen molar-refractivity contribution in [3.8, 4) is 0 Å². The Morgan fingerprint density at radius 1 is 0.818 bits per heavy atom. The van der Waals surface area contributed by atoms with Crippen LogP contribution in [0.4, 0.5) is 0 Å². The zero-order valence-corrected chi connectivity index (χ0v) is 14.2. The third-order valence-corrected chi connectivity index (χ3v) is 6.14. The van der Waals surface area contributed by atoms with E-state index in [-0.39, 0.29) is 0 Å². The van der Waals surface area contributed by atoms with Gasteiger partial charge in [0.2, 0.25) is 0 Å². The maximum Gasteiger partial charge on any atom is 0.309 e. The number of carbonyl (C=O) groups is 1. The van der Waals surface area contributed by atoms with E-state index in [0.717, 1.165) is 12.3 Å². The summed E-state index contributed by atoms with van der Waals surface area (Å²) in [6.07, 6.45) is 13.7. The fourth-order valence-corrected chi connectivity index (χ4v) is 4.58. The van der Waals surface area contributed by atoms with Crippen LogP contribution in [0.3, 0.4) is 0 Å². The summed E-state index contributed by atoms with van der Waals surface area (Å²) in [5, 5.41) is 19.3. The van der Waals surface area contributed by atoms with Crippen molar-refractivity contribution in [3.05, 3.63) is 0 Å². The highest BCUT2D eigenvalue weighted by Gasteiger charge is 2.36. The molecule has 2 aliphatic carbocycles. The molecule has 3 nitrogen and oxygen atoms in total. The molecule has 0 heterocycles. The minimum Gasteiger partial charge on any atom is -0.481 e. The van der Waals surface area contributed by atoms with Crippen LogP contribution in [0.5, 0.6) is 0 Å². The second kappa shape index (κ2) is 8.90. The third-order valence-electron chi connectivity index (χ3n) is 6.14. The van der Waals surface area contributed by atoms with E-state index in [1.807, 2.05) is 0 Å². The van der Waals surface area contributed by atoms with Gasteiger partial charge in [0.15, 0.2) is 0 Å². The summed E-state index contributed by atoms with van der Waals surface area (Å²) >= 11 is 0. The fourth-order valence-electron chi connectivity index (χ4n) is 4.58. The molecule has 5 unspecified atom stereocenters. The van der Waals surface area contributed by atoms with E-state index >= 15 is 0 Å². The van der Waals surface area contributed by atoms with Gasteiger partial charge in [0.1, 0.15) is 0 Å². The molecule has 0 aromatic heterocycles. The summed E-state index contributed by atoms with van der Waals surface area (Å²) in [5.41, 5.74) is 0. The zero-order valence-electron chi connectivity index (χ0n) is 14.2. The van der Waals surface area contributed by atoms with Crippen molar-refractivity contribution in [2.75, 3.05) is 0 Å². The van der Waals surface area contributed by atoms with Crippen LogP contribution in [0.15, 0.2) is 0 Å². The van der Waals surface area contributed by atoms with E-state index in [0.29, 0.717) is 24.7 Å². The molecule has 0 aromatic rings. The minimum atomic E-state index is -0.818. The van der Waals surface area contributed by atoms with E-state index in [4.69, 9.17) is 5.11 Å². The molecule has 128 valence electrons. The molecule has 0 aromatic carbocycles. The number of carboxylic acids is 1. The van der Waals surface area contributed by atoms with Crippen LogP contribution in [-0.4, -0.2) is 22.3 Å². The summed E-state index contributed by atoms with van der Waals surface area (Å²) in [7, 11) is 0. The SMILES string of the molecule is CC1CCCCCCCC(C2CCC(C(=O)O)C(O)C2)CC1. The number of aliphatic hydroxyl groups is 1. The Balaban J connectivity index is 1.91. The van der Waals surface area contributed by atoms with Gasteiger partial charge < -0.3 is 10.2 Å². The smallest absolute Gasteiger partial charge is 0.309 e. The van der Waals surface area contributed by atoms with E-state index in [9.17, 15) is 9.90 Å². The van der Waals surface area contributed by atoms with E-state index < -0.39 is 18.0 Å². The average molecular weight is 310 g/mol. The Labute approximate surface area is 135 Å². The molecule has 0 amide bonds. The molecule has 0 aliphatic heterocycles. The number of rotatable bonds is 2. The Bertz CT molecular complexity index is 342. The van der Waals surface area contributed by atoms with Crippen molar-refractivity contribution in [3.63, 3.8) is 0 Å². The van der Waals surface area contributed by atoms with Gasteiger partial charge in [-0.1, -0.05) is 58.3 Å². The summed E-state index contributed by atoms with van der Waals surface area (Å²) < 4.78 is 0. The summed E-state index contributed by atoms with van der Waals surface area (Å²) in [6.45, 7) is 2.38. The molecule has 2 aliphatic rings. The molecule has 2 N–H and O–H groups in total. The van der Waals surface area contributed by atoms with Crippen LogP contribution in [-0.2, 0) is 4.79 Å². The predicted octanol–water partition coefficient (Wildman–Crippen LogP) is 4.63. The zero-order chi connectivity index (χ0) is 15.9. The largest absolute Gasteiger partial charge is 0.481 e. The lowest BCUT2D eigenvalue weighted by molar-refractivity contribution is -0.148. The van der Waals surface area contributed by atoms with Crippen LogP contribution in [0.2, 0.25) is 0 Å². The van der Waals surface area contributed by atoms with Crippen LogP contribution < -0.4 is 0 Å². The van der Waals surface area contributed by atoms with Gasteiger partial charge in [-0.2, -0.15) is 0 Å². The maximum atomic E-state index is 11.2. The number of carboxylic acid groups (broad SMARTS) is 1. The Morgan fingerprint density at radius 2 is 1.45 bits per heavy atom. The first kappa shape index (κ1) is 17.8. The molecule has 0 spiro atoms. The number of aliphatic carboxylic acids is 1. The number of hydrogen-bond donors (Lipinski definition) is 2. The van der Waals surface area contributed by atoms with Gasteiger partial charge in [0, 0.05) is 0 Å². The van der Waals surface area contributed by atoms with Crippen molar-refractivity contribution in [2.24, 2.45) is 23.7 Å². The molecule has 0 saturated heterocycles. The summed E-state index contributed by atoms with van der Waals surface area (Å²) in [4.78, 5) is 11.2. The topological polar surface area (TPSA) is 57.5 Å². The highest BCUT2D eigenvalue weighted by atomic mass is 16.4. The molecule has 5 atom stereocenters. The summed E-state index contributed by atoms with van der Waals surface area (Å²) in [5.74, 6) is 0.712. The van der Waals surface area contributed by atoms with Crippen LogP contribution in [0, 0.1) is 23.7 Å². The van der Waals surface area contributed by atoms with Gasteiger partial charge in [-0.3, -0.25) is 4.79 Å². The standard InChI is InChI=1S/C19H34O3/c1-14-7-5-3-2-4-6-8-15(10-9-14)16-11-12-17(19(21)22)18(20)13-16/h14-18,20H,2-13H2,1H3,(H,21,22). The lowest BCUT2D eigenvalue weighted by Gasteiger charge is -2.36. The molecular formula is C19H34O3. The van der Waals surface area contributed by atoms with Crippen molar-refractivity contribution >= 4 is 5.97 Å². The summed E-state index contributed by atoms with van der Waals surface area (Å²) in [6, 6.07) is 0. The average Bonchev–Trinajstić information content (AvgIpc) is 2.52. The second-order valence-corrected chi connectivity index (χ2v) is 7.87. The van der Waals surface area contributed by atoms with Crippen LogP contribution in [0.25, 0.3) is 0 Å². The first-order chi connectivity index (χ1) is 10.6. The first-order valence-corrected chi connectivity index (χ1v) is 9.48. The van der Waals surface area contributed by atoms with Gasteiger partial charge >= 0.3 is 5.97 Å². The Hall–Kier alpha value is -0.570.